The van der Waals surface area contributed by atoms with E-state index in [2.05, 4.69) is 20.3 Å². The van der Waals surface area contributed by atoms with Gasteiger partial charge < -0.3 is 10.2 Å². The van der Waals surface area contributed by atoms with Crippen LogP contribution in [0, 0.1) is 12.7 Å². The molecule has 0 aliphatic carbocycles. The number of benzene rings is 1. The molecule has 4 heterocycles. The van der Waals surface area contributed by atoms with Crippen molar-refractivity contribution in [2.24, 2.45) is 0 Å². The van der Waals surface area contributed by atoms with Gasteiger partial charge in [0.1, 0.15) is 11.6 Å². The molecular formula is C24H21F4N5O. The zero-order valence-electron chi connectivity index (χ0n) is 18.2. The van der Waals surface area contributed by atoms with Crippen molar-refractivity contribution in [2.45, 2.75) is 50.5 Å². The summed E-state index contributed by atoms with van der Waals surface area (Å²) in [5.41, 5.74) is -0.165. The lowest BCUT2D eigenvalue weighted by Crippen LogP contribution is -2.40. The molecule has 2 aromatic heterocycles. The minimum atomic E-state index is -4.45. The first-order valence-corrected chi connectivity index (χ1v) is 10.9. The number of anilines is 1. The van der Waals surface area contributed by atoms with E-state index in [0.29, 0.717) is 17.8 Å². The molecule has 0 radical (unpaired) electrons. The average molecular weight is 471 g/mol. The van der Waals surface area contributed by atoms with Crippen molar-refractivity contribution in [3.63, 3.8) is 0 Å². The highest BCUT2D eigenvalue weighted by Gasteiger charge is 2.49. The largest absolute Gasteiger partial charge is 0.417 e. The molecule has 2 aliphatic heterocycles. The predicted molar refractivity (Wildman–Crippen MR) is 116 cm³/mol. The van der Waals surface area contributed by atoms with E-state index >= 15 is 4.39 Å². The van der Waals surface area contributed by atoms with Gasteiger partial charge in [0.15, 0.2) is 5.82 Å². The number of nitrogens with one attached hydrogen (secondary N) is 1. The fraction of sp³-hybridized carbons (Fsp3) is 0.333. The molecule has 2 aliphatic rings. The molecule has 2 fully saturated rings. The zero-order valence-corrected chi connectivity index (χ0v) is 18.2. The Bertz CT molecular complexity index is 1220. The standard InChI is InChI=1S/C24H21F4N5O/c1-13-3-6-16(20(21(13)25)22-29-9-2-10-30-22)23(34)33-15-5-7-18(33)17(11-15)32-19-8-4-14(12-31-19)24(26,27)28/h2-4,6,8-10,12,15,17-18H,5,7,11H2,1H3,(H,31,32)/t15-,17-,18+/m1/s1. The third-order valence-electron chi connectivity index (χ3n) is 6.55. The van der Waals surface area contributed by atoms with Gasteiger partial charge in [0.2, 0.25) is 0 Å². The van der Waals surface area contributed by atoms with Crippen molar-refractivity contribution in [2.75, 3.05) is 5.32 Å². The summed E-state index contributed by atoms with van der Waals surface area (Å²) >= 11 is 0. The molecule has 1 aromatic carbocycles. The Morgan fingerprint density at radius 2 is 1.85 bits per heavy atom. The smallest absolute Gasteiger partial charge is 0.365 e. The zero-order chi connectivity index (χ0) is 24.0. The van der Waals surface area contributed by atoms with E-state index in [1.54, 1.807) is 30.0 Å². The van der Waals surface area contributed by atoms with Crippen LogP contribution in [-0.2, 0) is 6.18 Å². The molecule has 1 amide bonds. The molecule has 2 saturated heterocycles. The molecule has 0 unspecified atom stereocenters. The lowest BCUT2D eigenvalue weighted by atomic mass is 9.95. The fourth-order valence-electron chi connectivity index (χ4n) is 4.94. The van der Waals surface area contributed by atoms with Crippen LogP contribution in [0.25, 0.3) is 11.4 Å². The highest BCUT2D eigenvalue weighted by atomic mass is 19.4. The van der Waals surface area contributed by atoms with Gasteiger partial charge in [-0.1, -0.05) is 6.07 Å². The molecule has 34 heavy (non-hydrogen) atoms. The number of halogens is 4. The molecule has 5 rings (SSSR count). The van der Waals surface area contributed by atoms with Crippen LogP contribution < -0.4 is 5.32 Å². The van der Waals surface area contributed by atoms with Gasteiger partial charge in [-0.15, -0.1) is 0 Å². The van der Waals surface area contributed by atoms with Gasteiger partial charge in [-0.05, 0) is 56.0 Å². The van der Waals surface area contributed by atoms with Gasteiger partial charge in [0, 0.05) is 30.7 Å². The molecule has 10 heteroatoms. The molecule has 0 spiro atoms. The van der Waals surface area contributed by atoms with E-state index in [4.69, 9.17) is 0 Å². The maximum absolute atomic E-state index is 15.1. The van der Waals surface area contributed by atoms with Gasteiger partial charge in [0.05, 0.1) is 22.7 Å². The Labute approximate surface area is 193 Å². The molecule has 2 bridgehead atoms. The minimum absolute atomic E-state index is 0.0571. The Morgan fingerprint density at radius 1 is 1.09 bits per heavy atom. The van der Waals surface area contributed by atoms with Gasteiger partial charge >= 0.3 is 6.18 Å². The highest BCUT2D eigenvalue weighted by molar-refractivity contribution is 6.01. The number of rotatable bonds is 4. The predicted octanol–water partition coefficient (Wildman–Crippen LogP) is 4.86. The van der Waals surface area contributed by atoms with Gasteiger partial charge in [-0.3, -0.25) is 4.79 Å². The van der Waals surface area contributed by atoms with Crippen LogP contribution in [0.2, 0.25) is 0 Å². The summed E-state index contributed by atoms with van der Waals surface area (Å²) < 4.78 is 53.6. The van der Waals surface area contributed by atoms with Gasteiger partial charge in [-0.25, -0.2) is 19.3 Å². The summed E-state index contributed by atoms with van der Waals surface area (Å²) in [6.45, 7) is 1.62. The SMILES string of the molecule is Cc1ccc(C(=O)N2[C@@H]3CC[C@H]2[C@H](Nc2ccc(C(F)(F)F)cn2)C3)c(-c2ncccn2)c1F. The van der Waals surface area contributed by atoms with Gasteiger partial charge in [0.25, 0.3) is 5.91 Å². The Hall–Kier alpha value is -3.56. The lowest BCUT2D eigenvalue weighted by molar-refractivity contribution is -0.137. The van der Waals surface area contributed by atoms with Crippen LogP contribution in [0.15, 0.2) is 48.9 Å². The summed E-state index contributed by atoms with van der Waals surface area (Å²) in [4.78, 5) is 27.6. The number of hydrogen-bond donors (Lipinski definition) is 1. The molecule has 0 saturated carbocycles. The number of alkyl halides is 3. The Morgan fingerprint density at radius 3 is 2.53 bits per heavy atom. The van der Waals surface area contributed by atoms with E-state index in [1.807, 2.05) is 0 Å². The maximum atomic E-state index is 15.1. The number of hydrogen-bond acceptors (Lipinski definition) is 5. The second kappa shape index (κ2) is 8.34. The average Bonchev–Trinajstić information content (AvgIpc) is 3.38. The topological polar surface area (TPSA) is 71.0 Å². The second-order valence-electron chi connectivity index (χ2n) is 8.62. The van der Waals surface area contributed by atoms with Crippen LogP contribution in [0.3, 0.4) is 0 Å². The first-order valence-electron chi connectivity index (χ1n) is 10.9. The number of nitrogens with zero attached hydrogens (tertiary/aromatic N) is 4. The Kier molecular flexibility index (Phi) is 5.45. The number of pyridine rings is 1. The monoisotopic (exact) mass is 471 g/mol. The van der Waals surface area contributed by atoms with Crippen LogP contribution >= 0.6 is 0 Å². The summed E-state index contributed by atoms with van der Waals surface area (Å²) in [5.74, 6) is -0.384. The quantitative estimate of drug-likeness (QED) is 0.551. The lowest BCUT2D eigenvalue weighted by Gasteiger charge is -2.26. The maximum Gasteiger partial charge on any atom is 0.417 e. The molecule has 176 valence electrons. The third kappa shape index (κ3) is 3.86. The van der Waals surface area contributed by atoms with Gasteiger partial charge in [-0.2, -0.15) is 13.2 Å². The third-order valence-corrected chi connectivity index (χ3v) is 6.55. The summed E-state index contributed by atoms with van der Waals surface area (Å²) in [6.07, 6.45) is 1.50. The highest BCUT2D eigenvalue weighted by Crippen LogP contribution is 2.41. The first kappa shape index (κ1) is 22.2. The number of aryl methyl sites for hydroxylation is 1. The van der Waals surface area contributed by atoms with Crippen molar-refractivity contribution in [1.29, 1.82) is 0 Å². The molecule has 3 atom stereocenters. The number of aromatic nitrogens is 3. The minimum Gasteiger partial charge on any atom is -0.365 e. The number of carbonyl (C=O) groups excluding carboxylic acids is 1. The summed E-state index contributed by atoms with van der Waals surface area (Å²) in [5, 5.41) is 3.18. The Balaban J connectivity index is 1.41. The normalized spacial score (nSPS) is 21.7. The van der Waals surface area contributed by atoms with Crippen molar-refractivity contribution >= 4 is 11.7 Å². The molecule has 3 aromatic rings. The summed E-state index contributed by atoms with van der Waals surface area (Å²) in [7, 11) is 0. The van der Waals surface area contributed by atoms with E-state index in [-0.39, 0.29) is 41.0 Å². The van der Waals surface area contributed by atoms with Crippen LogP contribution in [0.5, 0.6) is 0 Å². The molecule has 6 nitrogen and oxygen atoms in total. The number of fused-ring (bicyclic) bond motifs is 2. The molecule has 1 N–H and O–H groups in total. The first-order chi connectivity index (χ1) is 16.2. The van der Waals surface area contributed by atoms with Crippen molar-refractivity contribution in [3.8, 4) is 11.4 Å². The van der Waals surface area contributed by atoms with Crippen molar-refractivity contribution in [1.82, 2.24) is 19.9 Å². The van der Waals surface area contributed by atoms with Crippen molar-refractivity contribution < 1.29 is 22.4 Å². The van der Waals surface area contributed by atoms with Crippen molar-refractivity contribution in [3.05, 3.63) is 71.4 Å². The number of carbonyl (C=O) groups is 1. The van der Waals surface area contributed by atoms with Crippen LogP contribution in [-0.4, -0.2) is 43.9 Å². The summed E-state index contributed by atoms with van der Waals surface area (Å²) in [6, 6.07) is 6.64. The second-order valence-corrected chi connectivity index (χ2v) is 8.62. The van der Waals surface area contributed by atoms with Crippen LogP contribution in [0.4, 0.5) is 23.4 Å². The van der Waals surface area contributed by atoms with Crippen LogP contribution in [0.1, 0.15) is 40.7 Å². The van der Waals surface area contributed by atoms with E-state index in [0.717, 1.165) is 25.1 Å². The molecular weight excluding hydrogens is 450 g/mol. The van der Waals surface area contributed by atoms with E-state index in [1.165, 1.54) is 18.5 Å². The van der Waals surface area contributed by atoms with E-state index < -0.39 is 17.6 Å². The van der Waals surface area contributed by atoms with E-state index in [9.17, 15) is 18.0 Å². The number of amides is 1. The fourth-order valence-corrected chi connectivity index (χ4v) is 4.94.